The normalized spacial score (nSPS) is 36.8. The summed E-state index contributed by atoms with van der Waals surface area (Å²) in [5.41, 5.74) is -16.0. The summed E-state index contributed by atoms with van der Waals surface area (Å²) in [6.45, 7) is 1.60. The molecule has 4 aliphatic carbocycles. The van der Waals surface area contributed by atoms with Crippen molar-refractivity contribution < 1.29 is 123 Å². The minimum absolute atomic E-state index is 0.123. The number of alkyl halides is 28. The van der Waals surface area contributed by atoms with Gasteiger partial charge >= 0.3 is 59.2 Å². The highest BCUT2D eigenvalue weighted by molar-refractivity contribution is 5.17. The fourth-order valence-electron chi connectivity index (χ4n) is 6.02. The summed E-state index contributed by atoms with van der Waals surface area (Å²) in [5, 5.41) is 0. The number of hydrogen-bond acceptors (Lipinski definition) is 0. The van der Waals surface area contributed by atoms with Crippen LogP contribution in [0.2, 0.25) is 0 Å². The molecule has 0 aromatic carbocycles. The molecule has 0 N–H and O–H groups in total. The zero-order valence-corrected chi connectivity index (χ0v) is 29.7. The lowest BCUT2D eigenvalue weighted by atomic mass is 9.74. The summed E-state index contributed by atoms with van der Waals surface area (Å²) in [6, 6.07) is 0. The summed E-state index contributed by atoms with van der Waals surface area (Å²) >= 11 is 0. The maximum absolute atomic E-state index is 13.4. The molecule has 4 saturated carbocycles. The molecular weight excluding hydrogens is 892 g/mol. The molecule has 0 heterocycles. The quantitative estimate of drug-likeness (QED) is 0.247. The van der Waals surface area contributed by atoms with E-state index >= 15 is 0 Å². The number of hydrogen-bond donors (Lipinski definition) is 0. The van der Waals surface area contributed by atoms with Gasteiger partial charge in [-0.05, 0) is 38.5 Å². The molecule has 28 heteroatoms. The van der Waals surface area contributed by atoms with Crippen molar-refractivity contribution in [3.05, 3.63) is 0 Å². The molecule has 0 spiro atoms. The Balaban J connectivity index is 0.000000389. The van der Waals surface area contributed by atoms with Gasteiger partial charge in [0.2, 0.25) is 11.3 Å². The van der Waals surface area contributed by atoms with Crippen molar-refractivity contribution in [1.29, 1.82) is 0 Å². The van der Waals surface area contributed by atoms with Gasteiger partial charge in [-0.15, -0.1) is 0 Å². The molecule has 0 bridgehead atoms. The average molecular weight is 925 g/mol. The van der Waals surface area contributed by atoms with Crippen molar-refractivity contribution in [1.82, 2.24) is 0 Å². The summed E-state index contributed by atoms with van der Waals surface area (Å²) in [4.78, 5) is 0. The Morgan fingerprint density at radius 3 is 0.724 bits per heavy atom. The van der Waals surface area contributed by atoms with E-state index in [2.05, 4.69) is 0 Å². The second-order valence-electron chi connectivity index (χ2n) is 14.3. The molecule has 4 unspecified atom stereocenters. The molecule has 0 radical (unpaired) electrons. The topological polar surface area (TPSA) is 0 Å². The van der Waals surface area contributed by atoms with Crippen molar-refractivity contribution in [3.63, 3.8) is 0 Å². The van der Waals surface area contributed by atoms with Crippen molar-refractivity contribution in [2.45, 2.75) is 186 Å². The standard InChI is InChI=1S/C8H7F9.C8H9F7.C7H7F7.C7H9F5/c1-4(9,10)5(11)2-3-6(12,13)8(16,17)7(5,14)15;1-2-5(9)3-4-6(10,11)8(14,15)7(5,12)13;1-4(8,9)5(10)2-3-6(11,12)7(5,13)14;1-2-5(8)3-4-6(9,10)7(5,11)12/h2-3H2,1H3;2-4H2,1H3;2-3H2,1H3;2-4H2,1H3. The van der Waals surface area contributed by atoms with Crippen LogP contribution in [0.3, 0.4) is 0 Å². The van der Waals surface area contributed by atoms with Gasteiger partial charge in [-0.1, -0.05) is 13.8 Å². The van der Waals surface area contributed by atoms with E-state index in [9.17, 15) is 123 Å². The summed E-state index contributed by atoms with van der Waals surface area (Å²) in [5.74, 6) is -61.4. The molecule has 0 aliphatic heterocycles. The molecule has 348 valence electrons. The first-order valence-electron chi connectivity index (χ1n) is 16.2. The van der Waals surface area contributed by atoms with Gasteiger partial charge in [0.15, 0.2) is 11.3 Å². The van der Waals surface area contributed by atoms with Crippen molar-refractivity contribution in [2.24, 2.45) is 0 Å². The number of rotatable bonds is 4. The molecule has 58 heavy (non-hydrogen) atoms. The van der Waals surface area contributed by atoms with Crippen LogP contribution < -0.4 is 0 Å². The Morgan fingerprint density at radius 1 is 0.293 bits per heavy atom. The Kier molecular flexibility index (Phi) is 13.8. The smallest absolute Gasteiger partial charge is 0.237 e. The molecule has 4 rings (SSSR count). The van der Waals surface area contributed by atoms with Crippen LogP contribution in [0.1, 0.15) is 91.9 Å². The average Bonchev–Trinajstić information content (AvgIpc) is 3.33. The Bertz CT molecular complexity index is 1430. The van der Waals surface area contributed by atoms with Crippen LogP contribution in [0.15, 0.2) is 0 Å². The predicted octanol–water partition coefficient (Wildman–Crippen LogP) is 14.4. The van der Waals surface area contributed by atoms with Crippen LogP contribution in [0.25, 0.3) is 0 Å². The summed E-state index contributed by atoms with van der Waals surface area (Å²) < 4.78 is 356. The van der Waals surface area contributed by atoms with Gasteiger partial charge in [0.25, 0.3) is 11.8 Å². The molecule has 0 amide bonds. The van der Waals surface area contributed by atoms with Crippen LogP contribution in [0.5, 0.6) is 0 Å². The van der Waals surface area contributed by atoms with Gasteiger partial charge in [0, 0.05) is 39.5 Å². The summed E-state index contributed by atoms with van der Waals surface area (Å²) in [7, 11) is 0. The van der Waals surface area contributed by atoms with E-state index in [1.165, 1.54) is 0 Å². The third-order valence-electron chi connectivity index (χ3n) is 10.5. The lowest BCUT2D eigenvalue weighted by Gasteiger charge is -2.47. The molecular formula is C30H32F28. The van der Waals surface area contributed by atoms with E-state index in [0.717, 1.165) is 13.8 Å². The van der Waals surface area contributed by atoms with E-state index in [-0.39, 0.29) is 13.8 Å². The fraction of sp³-hybridized carbons (Fsp3) is 1.00. The first-order chi connectivity index (χ1) is 24.9. The van der Waals surface area contributed by atoms with Gasteiger partial charge in [0.05, 0.1) is 0 Å². The fourth-order valence-corrected chi connectivity index (χ4v) is 6.02. The highest BCUT2D eigenvalue weighted by atomic mass is 19.4. The third kappa shape index (κ3) is 7.75. The third-order valence-corrected chi connectivity index (χ3v) is 10.5. The van der Waals surface area contributed by atoms with E-state index in [1.807, 2.05) is 0 Å². The molecule has 0 nitrogen and oxygen atoms in total. The minimum Gasteiger partial charge on any atom is -0.237 e. The predicted molar refractivity (Wildman–Crippen MR) is 144 cm³/mol. The van der Waals surface area contributed by atoms with Gasteiger partial charge < -0.3 is 0 Å². The zero-order valence-electron chi connectivity index (χ0n) is 29.7. The van der Waals surface area contributed by atoms with Crippen LogP contribution in [-0.4, -0.2) is 93.7 Å². The maximum atomic E-state index is 13.4. The van der Waals surface area contributed by atoms with Crippen LogP contribution in [-0.2, 0) is 0 Å². The maximum Gasteiger partial charge on any atom is 0.375 e. The molecule has 0 aromatic heterocycles. The van der Waals surface area contributed by atoms with Crippen molar-refractivity contribution >= 4 is 0 Å². The highest BCUT2D eigenvalue weighted by Gasteiger charge is 2.87. The van der Waals surface area contributed by atoms with Crippen LogP contribution in [0.4, 0.5) is 123 Å². The first-order valence-corrected chi connectivity index (χ1v) is 16.2. The van der Waals surface area contributed by atoms with Gasteiger partial charge in [-0.2, -0.15) is 87.8 Å². The lowest BCUT2D eigenvalue weighted by molar-refractivity contribution is -0.394. The zero-order chi connectivity index (χ0) is 47.1. The number of halogens is 28. The molecule has 4 aliphatic rings. The first kappa shape index (κ1) is 54.1. The molecule has 4 fully saturated rings. The van der Waals surface area contributed by atoms with Crippen molar-refractivity contribution in [3.8, 4) is 0 Å². The molecule has 0 saturated heterocycles. The lowest BCUT2D eigenvalue weighted by Crippen LogP contribution is -2.72. The second kappa shape index (κ2) is 14.8. The van der Waals surface area contributed by atoms with Gasteiger partial charge in [-0.3, -0.25) is 0 Å². The Labute approximate surface area is 309 Å². The monoisotopic (exact) mass is 924 g/mol. The van der Waals surface area contributed by atoms with Crippen molar-refractivity contribution in [2.75, 3.05) is 0 Å². The van der Waals surface area contributed by atoms with Crippen LogP contribution in [0, 0.1) is 0 Å². The Hall–Kier alpha value is -1.96. The molecule has 0 aromatic rings. The van der Waals surface area contributed by atoms with E-state index < -0.39 is 158 Å². The van der Waals surface area contributed by atoms with E-state index in [1.54, 1.807) is 0 Å². The van der Waals surface area contributed by atoms with E-state index in [4.69, 9.17) is 0 Å². The SMILES string of the molecule is CC(F)(F)C1(F)CCC(F)(F)C(F)(F)C1(F)F.CC(F)(F)C1(F)CCC(F)(F)C1(F)F.CCC1(F)CCC(F)(F)C(F)(F)C1(F)F.CCC1(F)CCC(F)(F)C1(F)F. The minimum atomic E-state index is -6.16. The summed E-state index contributed by atoms with van der Waals surface area (Å²) in [6.07, 6.45) is -13.4. The molecule has 4 atom stereocenters. The highest BCUT2D eigenvalue weighted by Crippen LogP contribution is 2.64. The van der Waals surface area contributed by atoms with Gasteiger partial charge in [-0.25, -0.2) is 35.1 Å². The van der Waals surface area contributed by atoms with E-state index in [0.29, 0.717) is 0 Å². The van der Waals surface area contributed by atoms with Gasteiger partial charge in [0.1, 0.15) is 0 Å². The Morgan fingerprint density at radius 2 is 0.517 bits per heavy atom. The van der Waals surface area contributed by atoms with Crippen LogP contribution >= 0.6 is 0 Å². The largest absolute Gasteiger partial charge is 0.375 e. The second-order valence-corrected chi connectivity index (χ2v) is 14.3.